The van der Waals surface area contributed by atoms with Crippen LogP contribution in [0.2, 0.25) is 0 Å². The first-order valence-corrected chi connectivity index (χ1v) is 11.5. The second-order valence-corrected chi connectivity index (χ2v) is 9.30. The first-order chi connectivity index (χ1) is 14.5. The van der Waals surface area contributed by atoms with E-state index in [-0.39, 0.29) is 11.8 Å². The van der Waals surface area contributed by atoms with Crippen LogP contribution in [0.25, 0.3) is 17.0 Å². The lowest BCUT2D eigenvalue weighted by Crippen LogP contribution is -2.52. The maximum absolute atomic E-state index is 13.1. The van der Waals surface area contributed by atoms with Crippen molar-refractivity contribution in [2.24, 2.45) is 0 Å². The molecule has 2 heterocycles. The summed E-state index contributed by atoms with van der Waals surface area (Å²) in [6.07, 6.45) is 3.38. The molecular formula is C23H25N3O3S. The van der Waals surface area contributed by atoms with Crippen LogP contribution in [0.5, 0.6) is 0 Å². The minimum Gasteiger partial charge on any atom is -0.360 e. The molecule has 30 heavy (non-hydrogen) atoms. The Kier molecular flexibility index (Phi) is 5.85. The highest BCUT2D eigenvalue weighted by molar-refractivity contribution is 7.92. The van der Waals surface area contributed by atoms with Crippen molar-refractivity contribution >= 4 is 32.8 Å². The SMILES string of the molecule is CC(C(=O)c1c[nH]c2ccccc12)N1CCN(S(=O)(=O)/C=C/c2ccccc2)CC1. The zero-order valence-electron chi connectivity index (χ0n) is 16.9. The monoisotopic (exact) mass is 423 g/mol. The molecule has 0 radical (unpaired) electrons. The summed E-state index contributed by atoms with van der Waals surface area (Å²) in [5.74, 6) is 0.0488. The van der Waals surface area contributed by atoms with Crippen LogP contribution >= 0.6 is 0 Å². The van der Waals surface area contributed by atoms with E-state index in [1.807, 2.05) is 61.5 Å². The third kappa shape index (κ3) is 4.23. The van der Waals surface area contributed by atoms with Crippen molar-refractivity contribution in [2.45, 2.75) is 13.0 Å². The zero-order chi connectivity index (χ0) is 21.1. The number of aromatic nitrogens is 1. The summed E-state index contributed by atoms with van der Waals surface area (Å²) in [4.78, 5) is 18.3. The van der Waals surface area contributed by atoms with Gasteiger partial charge in [-0.25, -0.2) is 8.42 Å². The fraction of sp³-hybridized carbons (Fsp3) is 0.261. The average Bonchev–Trinajstić information content (AvgIpc) is 3.22. The van der Waals surface area contributed by atoms with Crippen LogP contribution in [-0.4, -0.2) is 60.6 Å². The Morgan fingerprint density at radius 3 is 2.40 bits per heavy atom. The Morgan fingerprint density at radius 2 is 1.67 bits per heavy atom. The van der Waals surface area contributed by atoms with E-state index in [1.165, 1.54) is 9.71 Å². The Morgan fingerprint density at radius 1 is 1.00 bits per heavy atom. The Bertz CT molecular complexity index is 1160. The van der Waals surface area contributed by atoms with Crippen molar-refractivity contribution < 1.29 is 13.2 Å². The number of aromatic amines is 1. The van der Waals surface area contributed by atoms with Crippen LogP contribution < -0.4 is 0 Å². The van der Waals surface area contributed by atoms with Crippen molar-refractivity contribution in [1.29, 1.82) is 0 Å². The molecule has 0 saturated carbocycles. The lowest BCUT2D eigenvalue weighted by Gasteiger charge is -2.36. The quantitative estimate of drug-likeness (QED) is 0.617. The summed E-state index contributed by atoms with van der Waals surface area (Å²) >= 11 is 0. The number of fused-ring (bicyclic) bond motifs is 1. The zero-order valence-corrected chi connectivity index (χ0v) is 17.7. The molecule has 1 aliphatic heterocycles. The summed E-state index contributed by atoms with van der Waals surface area (Å²) in [5.41, 5.74) is 2.46. The minimum absolute atomic E-state index is 0.0488. The molecule has 1 aliphatic rings. The largest absolute Gasteiger partial charge is 0.360 e. The molecule has 1 N–H and O–H groups in total. The maximum Gasteiger partial charge on any atom is 0.236 e. The average molecular weight is 424 g/mol. The van der Waals surface area contributed by atoms with E-state index in [0.717, 1.165) is 16.5 Å². The maximum atomic E-state index is 13.1. The Balaban J connectivity index is 1.40. The second kappa shape index (κ2) is 8.55. The second-order valence-electron chi connectivity index (χ2n) is 7.48. The number of H-pyrrole nitrogens is 1. The number of ketones is 1. The van der Waals surface area contributed by atoms with Gasteiger partial charge in [-0.2, -0.15) is 4.31 Å². The van der Waals surface area contributed by atoms with Gasteiger partial charge in [0, 0.05) is 54.3 Å². The first kappa shape index (κ1) is 20.5. The topological polar surface area (TPSA) is 73.5 Å². The number of carbonyl (C=O) groups is 1. The van der Waals surface area contributed by atoms with E-state index in [1.54, 1.807) is 12.3 Å². The summed E-state index contributed by atoms with van der Waals surface area (Å²) in [5, 5.41) is 2.18. The van der Waals surface area contributed by atoms with E-state index < -0.39 is 10.0 Å². The first-order valence-electron chi connectivity index (χ1n) is 10.0. The van der Waals surface area contributed by atoms with Crippen LogP contribution in [0.1, 0.15) is 22.8 Å². The number of hydrogen-bond acceptors (Lipinski definition) is 4. The van der Waals surface area contributed by atoms with Crippen molar-refractivity contribution in [2.75, 3.05) is 26.2 Å². The normalized spacial score (nSPS) is 17.5. The van der Waals surface area contributed by atoms with Crippen LogP contribution in [0.3, 0.4) is 0 Å². The molecule has 1 fully saturated rings. The van der Waals surface area contributed by atoms with Crippen LogP contribution in [-0.2, 0) is 10.0 Å². The predicted octanol–water partition coefficient (Wildman–Crippen LogP) is 3.36. The number of para-hydroxylation sites is 1. The fourth-order valence-electron chi connectivity index (χ4n) is 3.83. The lowest BCUT2D eigenvalue weighted by molar-refractivity contribution is 0.0784. The number of carbonyl (C=O) groups excluding carboxylic acids is 1. The van der Waals surface area contributed by atoms with Gasteiger partial charge in [0.25, 0.3) is 0 Å². The van der Waals surface area contributed by atoms with Gasteiger partial charge in [0.05, 0.1) is 6.04 Å². The number of piperazine rings is 1. The molecule has 156 valence electrons. The molecule has 1 aromatic heterocycles. The van der Waals surface area contributed by atoms with E-state index in [9.17, 15) is 13.2 Å². The molecule has 1 atom stereocenters. The van der Waals surface area contributed by atoms with Gasteiger partial charge in [-0.3, -0.25) is 9.69 Å². The van der Waals surface area contributed by atoms with E-state index in [4.69, 9.17) is 0 Å². The van der Waals surface area contributed by atoms with Gasteiger partial charge in [-0.05, 0) is 24.6 Å². The van der Waals surface area contributed by atoms with Crippen molar-refractivity contribution in [3.8, 4) is 0 Å². The number of sulfonamides is 1. The molecule has 0 bridgehead atoms. The third-order valence-electron chi connectivity index (χ3n) is 5.65. The molecule has 4 rings (SSSR count). The number of hydrogen-bond donors (Lipinski definition) is 1. The molecule has 0 spiro atoms. The molecule has 0 aliphatic carbocycles. The number of benzene rings is 2. The Labute approximate surface area is 176 Å². The van der Waals surface area contributed by atoms with Gasteiger partial charge in [0.15, 0.2) is 5.78 Å². The van der Waals surface area contributed by atoms with Gasteiger partial charge in [0.2, 0.25) is 10.0 Å². The molecule has 1 saturated heterocycles. The molecule has 1 unspecified atom stereocenters. The third-order valence-corrected chi connectivity index (χ3v) is 7.21. The molecular weight excluding hydrogens is 398 g/mol. The van der Waals surface area contributed by atoms with Gasteiger partial charge >= 0.3 is 0 Å². The molecule has 2 aromatic carbocycles. The minimum atomic E-state index is -3.49. The summed E-state index contributed by atoms with van der Waals surface area (Å²) < 4.78 is 26.8. The van der Waals surface area contributed by atoms with Gasteiger partial charge in [0.1, 0.15) is 0 Å². The van der Waals surface area contributed by atoms with Crippen LogP contribution in [0.15, 0.2) is 66.2 Å². The number of nitrogens with one attached hydrogen (secondary N) is 1. The number of rotatable bonds is 6. The van der Waals surface area contributed by atoms with Crippen molar-refractivity contribution in [1.82, 2.24) is 14.2 Å². The molecule has 6 nitrogen and oxygen atoms in total. The Hall–Kier alpha value is -2.74. The van der Waals surface area contributed by atoms with Crippen LogP contribution in [0.4, 0.5) is 0 Å². The lowest BCUT2D eigenvalue weighted by atomic mass is 10.0. The standard InChI is InChI=1S/C23H25N3O3S/c1-18(23(27)21-17-24-22-10-6-5-9-20(21)22)25-12-14-26(15-13-25)30(28,29)16-11-19-7-3-2-4-8-19/h2-11,16-18,24H,12-15H2,1H3/b16-11+. The van der Waals surface area contributed by atoms with Crippen molar-refractivity contribution in [3.63, 3.8) is 0 Å². The fourth-order valence-corrected chi connectivity index (χ4v) is 5.00. The summed E-state index contributed by atoms with van der Waals surface area (Å²) in [6.45, 7) is 3.67. The predicted molar refractivity (Wildman–Crippen MR) is 120 cm³/mol. The van der Waals surface area contributed by atoms with Gasteiger partial charge in [-0.1, -0.05) is 48.5 Å². The van der Waals surface area contributed by atoms with E-state index in [2.05, 4.69) is 9.88 Å². The number of Topliss-reactive ketones (excluding diaryl/α,β-unsaturated/α-hetero) is 1. The molecule has 7 heteroatoms. The molecule has 3 aromatic rings. The van der Waals surface area contributed by atoms with Crippen molar-refractivity contribution in [3.05, 3.63) is 77.3 Å². The van der Waals surface area contributed by atoms with Gasteiger partial charge in [-0.15, -0.1) is 0 Å². The molecule has 0 amide bonds. The number of nitrogens with zero attached hydrogens (tertiary/aromatic N) is 2. The highest BCUT2D eigenvalue weighted by Crippen LogP contribution is 2.21. The summed E-state index contributed by atoms with van der Waals surface area (Å²) in [6, 6.07) is 16.8. The van der Waals surface area contributed by atoms with Crippen LogP contribution in [0, 0.1) is 0 Å². The highest BCUT2D eigenvalue weighted by Gasteiger charge is 2.30. The van der Waals surface area contributed by atoms with E-state index >= 15 is 0 Å². The van der Waals surface area contributed by atoms with Gasteiger partial charge < -0.3 is 4.98 Å². The van der Waals surface area contributed by atoms with E-state index in [0.29, 0.717) is 31.7 Å². The highest BCUT2D eigenvalue weighted by atomic mass is 32.2. The smallest absolute Gasteiger partial charge is 0.236 e. The summed E-state index contributed by atoms with van der Waals surface area (Å²) in [7, 11) is -3.49.